The first-order valence-corrected chi connectivity index (χ1v) is 6.31. The second kappa shape index (κ2) is 5.36. The highest BCUT2D eigenvalue weighted by Crippen LogP contribution is 2.33. The molecule has 2 N–H and O–H groups in total. The van der Waals surface area contributed by atoms with Crippen molar-refractivity contribution >= 4 is 0 Å². The van der Waals surface area contributed by atoms with Crippen LogP contribution in [0.25, 0.3) is 0 Å². The van der Waals surface area contributed by atoms with Crippen LogP contribution in [-0.4, -0.2) is 10.2 Å². The van der Waals surface area contributed by atoms with Gasteiger partial charge in [-0.25, -0.2) is 0 Å². The fourth-order valence-electron chi connectivity index (χ4n) is 1.80. The average molecular weight is 257 g/mol. The Kier molecular flexibility index (Phi) is 3.81. The lowest BCUT2D eigenvalue weighted by atomic mass is 9.86. The van der Waals surface area contributed by atoms with Gasteiger partial charge in [0.15, 0.2) is 0 Å². The molecule has 0 atom stereocenters. The molecule has 0 aliphatic carbocycles. The van der Waals surface area contributed by atoms with E-state index in [1.807, 2.05) is 24.3 Å². The van der Waals surface area contributed by atoms with Crippen LogP contribution < -0.4 is 10.5 Å². The minimum absolute atomic E-state index is 0.0151. The van der Waals surface area contributed by atoms with Gasteiger partial charge in [-0.1, -0.05) is 39.0 Å². The quantitative estimate of drug-likeness (QED) is 0.918. The molecule has 0 aliphatic rings. The molecule has 0 fully saturated rings. The number of para-hydroxylation sites is 1. The van der Waals surface area contributed by atoms with Gasteiger partial charge in [-0.15, -0.1) is 5.10 Å². The fraction of sp³-hybridized carbons (Fsp3) is 0.333. The van der Waals surface area contributed by atoms with Crippen molar-refractivity contribution in [2.24, 2.45) is 5.73 Å². The van der Waals surface area contributed by atoms with Gasteiger partial charge in [-0.3, -0.25) is 0 Å². The lowest BCUT2D eigenvalue weighted by Gasteiger charge is -2.22. The Bertz CT molecular complexity index is 544. The lowest BCUT2D eigenvalue weighted by Crippen LogP contribution is -2.12. The third-order valence-electron chi connectivity index (χ3n) is 2.81. The zero-order chi connectivity index (χ0) is 13.9. The molecule has 1 aromatic carbocycles. The second-order valence-corrected chi connectivity index (χ2v) is 5.42. The van der Waals surface area contributed by atoms with Crippen molar-refractivity contribution < 1.29 is 4.74 Å². The average Bonchev–Trinajstić information content (AvgIpc) is 2.39. The summed E-state index contributed by atoms with van der Waals surface area (Å²) in [5.74, 6) is 1.29. The highest BCUT2D eigenvalue weighted by molar-refractivity contribution is 5.40. The molecule has 4 nitrogen and oxygen atoms in total. The predicted octanol–water partition coefficient (Wildman–Crippen LogP) is 3.03. The van der Waals surface area contributed by atoms with Crippen LogP contribution in [0.15, 0.2) is 36.4 Å². The summed E-state index contributed by atoms with van der Waals surface area (Å²) in [4.78, 5) is 0. The third kappa shape index (κ3) is 3.29. The van der Waals surface area contributed by atoms with Crippen molar-refractivity contribution in [1.29, 1.82) is 0 Å². The molecule has 0 saturated carbocycles. The van der Waals surface area contributed by atoms with Crippen LogP contribution in [0.2, 0.25) is 0 Å². The molecule has 1 aromatic heterocycles. The normalized spacial score (nSPS) is 11.4. The van der Waals surface area contributed by atoms with Crippen LogP contribution in [0.5, 0.6) is 11.6 Å². The van der Waals surface area contributed by atoms with Gasteiger partial charge in [0, 0.05) is 18.2 Å². The number of nitrogens with zero attached hydrogens (tertiary/aromatic N) is 2. The van der Waals surface area contributed by atoms with Crippen LogP contribution in [-0.2, 0) is 12.0 Å². The lowest BCUT2D eigenvalue weighted by molar-refractivity contribution is 0.433. The second-order valence-electron chi connectivity index (χ2n) is 5.42. The zero-order valence-electron chi connectivity index (χ0n) is 11.6. The molecule has 0 amide bonds. The maximum atomic E-state index is 5.82. The Hall–Kier alpha value is -1.94. The Labute approximate surface area is 113 Å². The van der Waals surface area contributed by atoms with Crippen LogP contribution in [0.4, 0.5) is 0 Å². The molecule has 0 spiro atoms. The summed E-state index contributed by atoms with van der Waals surface area (Å²) in [6.07, 6.45) is 0. The first-order valence-electron chi connectivity index (χ1n) is 6.31. The molecular weight excluding hydrogens is 238 g/mol. The fourth-order valence-corrected chi connectivity index (χ4v) is 1.80. The number of nitrogens with two attached hydrogens (primary N) is 1. The van der Waals surface area contributed by atoms with Crippen molar-refractivity contribution in [3.8, 4) is 11.6 Å². The first-order chi connectivity index (χ1) is 9.00. The Balaban J connectivity index is 2.28. The molecular formula is C15H19N3O. The number of hydrogen-bond donors (Lipinski definition) is 1. The molecule has 0 radical (unpaired) electrons. The molecule has 4 heteroatoms. The van der Waals surface area contributed by atoms with E-state index in [-0.39, 0.29) is 5.41 Å². The maximum Gasteiger partial charge on any atom is 0.238 e. The van der Waals surface area contributed by atoms with Crippen molar-refractivity contribution in [3.05, 3.63) is 47.7 Å². The highest BCUT2D eigenvalue weighted by Gasteiger charge is 2.18. The van der Waals surface area contributed by atoms with Gasteiger partial charge in [0.05, 0.1) is 5.69 Å². The van der Waals surface area contributed by atoms with E-state index in [1.54, 1.807) is 6.07 Å². The molecule has 19 heavy (non-hydrogen) atoms. The summed E-state index contributed by atoms with van der Waals surface area (Å²) in [6.45, 7) is 6.83. The minimum atomic E-state index is 0.0151. The minimum Gasteiger partial charge on any atom is -0.437 e. The number of hydrogen-bond acceptors (Lipinski definition) is 4. The van der Waals surface area contributed by atoms with E-state index in [4.69, 9.17) is 10.5 Å². The van der Waals surface area contributed by atoms with Crippen LogP contribution in [0.3, 0.4) is 0 Å². The molecule has 2 rings (SSSR count). The van der Waals surface area contributed by atoms with Crippen LogP contribution >= 0.6 is 0 Å². The summed E-state index contributed by atoms with van der Waals surface area (Å²) in [5.41, 5.74) is 7.39. The van der Waals surface area contributed by atoms with E-state index in [0.717, 1.165) is 17.0 Å². The zero-order valence-corrected chi connectivity index (χ0v) is 11.6. The maximum absolute atomic E-state index is 5.82. The Morgan fingerprint density at radius 3 is 2.37 bits per heavy atom. The van der Waals surface area contributed by atoms with E-state index in [9.17, 15) is 0 Å². The van der Waals surface area contributed by atoms with Gasteiger partial charge in [0.2, 0.25) is 5.88 Å². The smallest absolute Gasteiger partial charge is 0.238 e. The molecule has 0 saturated heterocycles. The van der Waals surface area contributed by atoms with Crippen molar-refractivity contribution in [1.82, 2.24) is 10.2 Å². The molecule has 0 unspecified atom stereocenters. The number of benzene rings is 1. The van der Waals surface area contributed by atoms with Gasteiger partial charge in [0.25, 0.3) is 0 Å². The van der Waals surface area contributed by atoms with Crippen LogP contribution in [0, 0.1) is 0 Å². The number of ether oxygens (including phenoxy) is 1. The van der Waals surface area contributed by atoms with Crippen LogP contribution in [0.1, 0.15) is 32.0 Å². The number of aromatic nitrogens is 2. The van der Waals surface area contributed by atoms with E-state index < -0.39 is 0 Å². The van der Waals surface area contributed by atoms with E-state index in [0.29, 0.717) is 12.4 Å². The summed E-state index contributed by atoms with van der Waals surface area (Å²) >= 11 is 0. The van der Waals surface area contributed by atoms with Gasteiger partial charge < -0.3 is 10.5 Å². The highest BCUT2D eigenvalue weighted by atomic mass is 16.5. The molecule has 0 bridgehead atoms. The topological polar surface area (TPSA) is 61.0 Å². The number of rotatable bonds is 3. The summed E-state index contributed by atoms with van der Waals surface area (Å²) in [6, 6.07) is 11.6. The molecule has 0 aliphatic heterocycles. The van der Waals surface area contributed by atoms with Gasteiger partial charge >= 0.3 is 0 Å². The van der Waals surface area contributed by atoms with Crippen molar-refractivity contribution in [2.75, 3.05) is 0 Å². The largest absolute Gasteiger partial charge is 0.437 e. The van der Waals surface area contributed by atoms with E-state index >= 15 is 0 Å². The SMILES string of the molecule is CC(C)(C)c1ccccc1Oc1ccc(CN)nn1. The van der Waals surface area contributed by atoms with Gasteiger partial charge in [0.1, 0.15) is 5.75 Å². The summed E-state index contributed by atoms with van der Waals surface area (Å²) in [7, 11) is 0. The summed E-state index contributed by atoms with van der Waals surface area (Å²) < 4.78 is 5.82. The monoisotopic (exact) mass is 257 g/mol. The van der Waals surface area contributed by atoms with Gasteiger partial charge in [-0.2, -0.15) is 5.10 Å². The van der Waals surface area contributed by atoms with Crippen molar-refractivity contribution in [3.63, 3.8) is 0 Å². The van der Waals surface area contributed by atoms with Gasteiger partial charge in [-0.05, 0) is 17.5 Å². The Morgan fingerprint density at radius 2 is 1.79 bits per heavy atom. The van der Waals surface area contributed by atoms with Crippen molar-refractivity contribution in [2.45, 2.75) is 32.7 Å². The molecule has 1 heterocycles. The summed E-state index contributed by atoms with van der Waals surface area (Å²) in [5, 5.41) is 8.00. The molecule has 100 valence electrons. The standard InChI is InChI=1S/C15H19N3O/c1-15(2,3)12-6-4-5-7-13(12)19-14-9-8-11(10-16)17-18-14/h4-9H,10,16H2,1-3H3. The molecule has 2 aromatic rings. The Morgan fingerprint density at radius 1 is 1.05 bits per heavy atom. The van der Waals surface area contributed by atoms with E-state index in [2.05, 4.69) is 37.0 Å². The van der Waals surface area contributed by atoms with E-state index in [1.165, 1.54) is 0 Å². The first kappa shape index (κ1) is 13.5. The third-order valence-corrected chi connectivity index (χ3v) is 2.81. The predicted molar refractivity (Wildman–Crippen MR) is 75.1 cm³/mol.